The van der Waals surface area contributed by atoms with E-state index in [4.69, 9.17) is 18.1 Å². The van der Waals surface area contributed by atoms with E-state index < -0.39 is 0 Å². The lowest BCUT2D eigenvalue weighted by molar-refractivity contribution is 1.28. The molecule has 0 N–H and O–H groups in total. The molecule has 30 heavy (non-hydrogen) atoms. The van der Waals surface area contributed by atoms with Crippen molar-refractivity contribution in [2.24, 2.45) is 0 Å². The largest absolute Gasteiger partial charge is 0.370 e. The minimum Gasteiger partial charge on any atom is -0.370 e. The molecule has 0 unspecified atom stereocenters. The summed E-state index contributed by atoms with van der Waals surface area (Å²) in [5.41, 5.74) is 2.31. The van der Waals surface area contributed by atoms with Gasteiger partial charge in [0.05, 0.1) is 22.0 Å². The van der Waals surface area contributed by atoms with Crippen molar-refractivity contribution in [3.63, 3.8) is 0 Å². The zero-order valence-corrected chi connectivity index (χ0v) is 15.0. The molecule has 5 rings (SSSR count). The van der Waals surface area contributed by atoms with Crippen LogP contribution in [0.5, 0.6) is 0 Å². The molecular formula is C22H6N8. The second-order valence-electron chi connectivity index (χ2n) is 6.37. The van der Waals surface area contributed by atoms with Crippen LogP contribution < -0.4 is 0 Å². The smallest absolute Gasteiger partial charge is 0.294 e. The Morgan fingerprint density at radius 1 is 0.733 bits per heavy atom. The number of benzene rings is 2. The van der Waals surface area contributed by atoms with Crippen molar-refractivity contribution in [1.29, 1.82) is 10.5 Å². The summed E-state index contributed by atoms with van der Waals surface area (Å²) in [6.45, 7) is 14.7. The van der Waals surface area contributed by atoms with E-state index in [1.807, 2.05) is 42.5 Å². The zero-order valence-electron chi connectivity index (χ0n) is 15.0. The van der Waals surface area contributed by atoms with E-state index in [0.717, 1.165) is 10.9 Å². The highest BCUT2D eigenvalue weighted by Crippen LogP contribution is 2.37. The van der Waals surface area contributed by atoms with Gasteiger partial charge in [0.25, 0.3) is 11.6 Å². The highest BCUT2D eigenvalue weighted by molar-refractivity contribution is 6.22. The van der Waals surface area contributed by atoms with E-state index in [1.54, 1.807) is 6.07 Å². The Bertz CT molecular complexity index is 1610. The summed E-state index contributed by atoms with van der Waals surface area (Å²) in [5, 5.41) is 20.9. The summed E-state index contributed by atoms with van der Waals surface area (Å²) < 4.78 is 0. The summed E-state index contributed by atoms with van der Waals surface area (Å²) in [6, 6.07) is 14.9. The van der Waals surface area contributed by atoms with Crippen LogP contribution in [0.25, 0.3) is 53.4 Å². The molecule has 0 amide bonds. The Morgan fingerprint density at radius 3 is 2.10 bits per heavy atom. The Morgan fingerprint density at radius 2 is 1.40 bits per heavy atom. The maximum absolute atomic E-state index is 9.45. The third kappa shape index (κ3) is 2.23. The normalized spacial score (nSPS) is 10.5. The van der Waals surface area contributed by atoms with Gasteiger partial charge in [-0.2, -0.15) is 10.5 Å². The standard InChI is InChI=1S/C22H6N8/c1-25-21-22(26-2)30-20-18-14(8-12(9-23)16(10-24)28-18)17-13(19(20)29-21)7-11-5-3-4-6-15(11)27-17/h3-8H. The summed E-state index contributed by atoms with van der Waals surface area (Å²) in [5.74, 6) is -0.253. The first-order chi connectivity index (χ1) is 14.7. The van der Waals surface area contributed by atoms with Gasteiger partial charge in [0.2, 0.25) is 11.0 Å². The molecule has 0 saturated carbocycles. The number of hydrogen-bond acceptors (Lipinski definition) is 6. The molecule has 8 heteroatoms. The van der Waals surface area contributed by atoms with Crippen molar-refractivity contribution in [2.45, 2.75) is 0 Å². The SMILES string of the molecule is [C-]#[N+]c1nc2c3cc4ccccc4nc3c3cc(C#N)c(C#N)nc3c2nc1[N+]#[C-]. The van der Waals surface area contributed by atoms with Crippen LogP contribution in [0.4, 0.5) is 11.6 Å². The molecule has 0 aliphatic heterocycles. The summed E-state index contributed by atoms with van der Waals surface area (Å²) in [4.78, 5) is 24.5. The molecule has 8 nitrogen and oxygen atoms in total. The second kappa shape index (κ2) is 6.17. The van der Waals surface area contributed by atoms with Gasteiger partial charge in [-0.3, -0.25) is 0 Å². The molecule has 0 fully saturated rings. The van der Waals surface area contributed by atoms with Gasteiger partial charge in [0.15, 0.2) is 5.69 Å². The van der Waals surface area contributed by atoms with Gasteiger partial charge < -0.3 is 9.69 Å². The molecule has 3 heterocycles. The Kier molecular flexibility index (Phi) is 3.49. The van der Waals surface area contributed by atoms with Crippen molar-refractivity contribution >= 4 is 55.4 Å². The first-order valence-corrected chi connectivity index (χ1v) is 8.61. The maximum Gasteiger partial charge on any atom is 0.294 e. The average Bonchev–Trinajstić information content (AvgIpc) is 2.81. The minimum absolute atomic E-state index is 0.0492. The topological polar surface area (TPSA) is 108 Å². The maximum atomic E-state index is 9.45. The number of hydrogen-bond donors (Lipinski definition) is 0. The molecule has 0 spiro atoms. The molecule has 0 aliphatic carbocycles. The van der Waals surface area contributed by atoms with E-state index in [2.05, 4.69) is 24.6 Å². The van der Waals surface area contributed by atoms with Gasteiger partial charge in [-0.05, 0) is 18.2 Å². The number of fused-ring (bicyclic) bond motifs is 7. The van der Waals surface area contributed by atoms with Gasteiger partial charge >= 0.3 is 0 Å². The van der Waals surface area contributed by atoms with Crippen LogP contribution in [0.2, 0.25) is 0 Å². The molecule has 0 saturated heterocycles. The summed E-state index contributed by atoms with van der Waals surface area (Å²) >= 11 is 0. The molecule has 0 radical (unpaired) electrons. The number of pyridine rings is 2. The molecule has 0 aliphatic rings. The quantitative estimate of drug-likeness (QED) is 0.218. The molecule has 2 aromatic carbocycles. The molecular weight excluding hydrogens is 376 g/mol. The van der Waals surface area contributed by atoms with Crippen LogP contribution in [0.15, 0.2) is 36.4 Å². The van der Waals surface area contributed by atoms with Gasteiger partial charge in [-0.25, -0.2) is 9.97 Å². The van der Waals surface area contributed by atoms with E-state index in [0.29, 0.717) is 27.3 Å². The van der Waals surface area contributed by atoms with Crippen LogP contribution in [0.1, 0.15) is 11.3 Å². The average molecular weight is 382 g/mol. The number of rotatable bonds is 0. The van der Waals surface area contributed by atoms with E-state index in [-0.39, 0.29) is 28.4 Å². The predicted molar refractivity (Wildman–Crippen MR) is 110 cm³/mol. The molecule has 0 bridgehead atoms. The number of para-hydroxylation sites is 1. The first-order valence-electron chi connectivity index (χ1n) is 8.61. The lowest BCUT2D eigenvalue weighted by Crippen LogP contribution is -1.97. The number of aromatic nitrogens is 4. The van der Waals surface area contributed by atoms with Gasteiger partial charge in [-0.15, -0.1) is 9.97 Å². The number of nitriles is 2. The van der Waals surface area contributed by atoms with Crippen molar-refractivity contribution in [3.05, 3.63) is 70.5 Å². The van der Waals surface area contributed by atoms with Crippen molar-refractivity contribution in [2.75, 3.05) is 0 Å². The van der Waals surface area contributed by atoms with Crippen molar-refractivity contribution in [3.8, 4) is 12.1 Å². The molecule has 0 atom stereocenters. The van der Waals surface area contributed by atoms with Crippen LogP contribution in [-0.2, 0) is 0 Å². The summed E-state index contributed by atoms with van der Waals surface area (Å²) in [7, 11) is 0. The highest BCUT2D eigenvalue weighted by atomic mass is 15.0. The van der Waals surface area contributed by atoms with Crippen LogP contribution in [0, 0.1) is 35.8 Å². The zero-order chi connectivity index (χ0) is 20.8. The predicted octanol–water partition coefficient (Wildman–Crippen LogP) is 4.72. The van der Waals surface area contributed by atoms with Crippen molar-refractivity contribution in [1.82, 2.24) is 19.9 Å². The third-order valence-electron chi connectivity index (χ3n) is 4.78. The Hall–Kier alpha value is -5.18. The molecule has 134 valence electrons. The second-order valence-corrected chi connectivity index (χ2v) is 6.37. The van der Waals surface area contributed by atoms with Crippen LogP contribution in [0.3, 0.4) is 0 Å². The first kappa shape index (κ1) is 17.0. The highest BCUT2D eigenvalue weighted by Gasteiger charge is 2.23. The van der Waals surface area contributed by atoms with Gasteiger partial charge in [0, 0.05) is 10.8 Å². The molecule has 5 aromatic rings. The van der Waals surface area contributed by atoms with E-state index in [9.17, 15) is 10.5 Å². The minimum atomic E-state index is -0.142. The van der Waals surface area contributed by atoms with Crippen LogP contribution >= 0.6 is 0 Å². The van der Waals surface area contributed by atoms with Gasteiger partial charge in [-0.1, -0.05) is 31.3 Å². The number of nitrogens with zero attached hydrogens (tertiary/aromatic N) is 8. The lowest BCUT2D eigenvalue weighted by atomic mass is 10.0. The van der Waals surface area contributed by atoms with Gasteiger partial charge in [0.1, 0.15) is 17.7 Å². The third-order valence-corrected chi connectivity index (χ3v) is 4.78. The Labute approximate surface area is 168 Å². The Balaban J connectivity index is 2.15. The fourth-order valence-corrected chi connectivity index (χ4v) is 3.47. The van der Waals surface area contributed by atoms with E-state index in [1.165, 1.54) is 0 Å². The molecule has 3 aromatic heterocycles. The monoisotopic (exact) mass is 382 g/mol. The van der Waals surface area contributed by atoms with Crippen LogP contribution in [-0.4, -0.2) is 19.9 Å². The lowest BCUT2D eigenvalue weighted by Gasteiger charge is -2.08. The fourth-order valence-electron chi connectivity index (χ4n) is 3.47. The van der Waals surface area contributed by atoms with E-state index >= 15 is 0 Å². The van der Waals surface area contributed by atoms with Crippen molar-refractivity contribution < 1.29 is 0 Å². The fraction of sp³-hybridized carbons (Fsp3) is 0. The summed E-state index contributed by atoms with van der Waals surface area (Å²) in [6.07, 6.45) is 0.